The zero-order valence-electron chi connectivity index (χ0n) is 11.1. The third-order valence-corrected chi connectivity index (χ3v) is 3.34. The van der Waals surface area contributed by atoms with E-state index >= 15 is 0 Å². The number of hydrogen-bond acceptors (Lipinski definition) is 3. The summed E-state index contributed by atoms with van der Waals surface area (Å²) in [5.41, 5.74) is 8.01. The Morgan fingerprint density at radius 1 is 1.38 bits per heavy atom. The summed E-state index contributed by atoms with van der Waals surface area (Å²) in [7, 11) is 4.12. The van der Waals surface area contributed by atoms with Crippen LogP contribution >= 0.6 is 0 Å². The number of aromatic nitrogens is 2. The summed E-state index contributed by atoms with van der Waals surface area (Å²) in [5, 5.41) is 4.45. The van der Waals surface area contributed by atoms with Crippen molar-refractivity contribution in [2.24, 2.45) is 12.8 Å². The zero-order chi connectivity index (χ0) is 12.3. The van der Waals surface area contributed by atoms with Gasteiger partial charge in [0.05, 0.1) is 5.69 Å². The highest BCUT2D eigenvalue weighted by atomic mass is 15.4. The highest BCUT2D eigenvalue weighted by Gasteiger charge is 2.19. The Morgan fingerprint density at radius 2 is 1.94 bits per heavy atom. The summed E-state index contributed by atoms with van der Waals surface area (Å²) in [6, 6.07) is 0.556. The van der Waals surface area contributed by atoms with Crippen LogP contribution in [0.15, 0.2) is 0 Å². The molecule has 0 aromatic carbocycles. The fraction of sp³-hybridized carbons (Fsp3) is 0.750. The fourth-order valence-corrected chi connectivity index (χ4v) is 2.38. The monoisotopic (exact) mass is 224 g/mol. The lowest BCUT2D eigenvalue weighted by Crippen LogP contribution is -2.32. The number of aryl methyl sites for hydroxylation is 2. The standard InChI is InChI=1S/C12H24N4/c1-6-10(7-2)15(4)12-11(8-13)9(3)14-16(12)5/h10H,6-8,13H2,1-5H3. The average Bonchev–Trinajstić information content (AvgIpc) is 2.54. The van der Waals surface area contributed by atoms with Gasteiger partial charge in [0.15, 0.2) is 0 Å². The first-order chi connectivity index (χ1) is 7.56. The number of nitrogens with zero attached hydrogens (tertiary/aromatic N) is 3. The molecule has 92 valence electrons. The van der Waals surface area contributed by atoms with Crippen LogP contribution in [-0.2, 0) is 13.6 Å². The van der Waals surface area contributed by atoms with Gasteiger partial charge < -0.3 is 10.6 Å². The lowest BCUT2D eigenvalue weighted by Gasteiger charge is -2.29. The minimum atomic E-state index is 0.555. The summed E-state index contributed by atoms with van der Waals surface area (Å²) < 4.78 is 1.94. The second-order valence-corrected chi connectivity index (χ2v) is 4.30. The summed E-state index contributed by atoms with van der Waals surface area (Å²) in [6.45, 7) is 7.01. The van der Waals surface area contributed by atoms with Crippen molar-refractivity contribution in [1.82, 2.24) is 9.78 Å². The second-order valence-electron chi connectivity index (χ2n) is 4.30. The molecule has 0 spiro atoms. The smallest absolute Gasteiger partial charge is 0.131 e. The van der Waals surface area contributed by atoms with E-state index in [1.807, 2.05) is 18.7 Å². The molecule has 0 saturated heterocycles. The average molecular weight is 224 g/mol. The van der Waals surface area contributed by atoms with Gasteiger partial charge in [-0.25, -0.2) is 0 Å². The van der Waals surface area contributed by atoms with E-state index in [4.69, 9.17) is 5.73 Å². The number of nitrogens with two attached hydrogens (primary N) is 1. The largest absolute Gasteiger partial charge is 0.357 e. The van der Waals surface area contributed by atoms with E-state index in [9.17, 15) is 0 Å². The quantitative estimate of drug-likeness (QED) is 0.829. The number of hydrogen-bond donors (Lipinski definition) is 1. The van der Waals surface area contributed by atoms with Crippen molar-refractivity contribution in [3.05, 3.63) is 11.3 Å². The van der Waals surface area contributed by atoms with E-state index in [1.165, 1.54) is 0 Å². The Labute approximate surface area is 98.4 Å². The van der Waals surface area contributed by atoms with Gasteiger partial charge in [-0.3, -0.25) is 4.68 Å². The van der Waals surface area contributed by atoms with Gasteiger partial charge >= 0.3 is 0 Å². The maximum atomic E-state index is 5.81. The van der Waals surface area contributed by atoms with Crippen LogP contribution in [0, 0.1) is 6.92 Å². The first-order valence-corrected chi connectivity index (χ1v) is 6.02. The summed E-state index contributed by atoms with van der Waals surface area (Å²) in [4.78, 5) is 2.31. The molecular formula is C12H24N4. The lowest BCUT2D eigenvalue weighted by molar-refractivity contribution is 0.571. The molecule has 16 heavy (non-hydrogen) atoms. The van der Waals surface area contributed by atoms with Crippen LogP contribution in [0.2, 0.25) is 0 Å². The molecule has 4 nitrogen and oxygen atoms in total. The van der Waals surface area contributed by atoms with Crippen LogP contribution in [0.1, 0.15) is 37.9 Å². The Balaban J connectivity index is 3.11. The number of rotatable bonds is 5. The third kappa shape index (κ3) is 2.21. The molecule has 0 bridgehead atoms. The molecule has 0 unspecified atom stereocenters. The highest BCUT2D eigenvalue weighted by molar-refractivity contribution is 5.50. The zero-order valence-corrected chi connectivity index (χ0v) is 11.1. The van der Waals surface area contributed by atoms with Crippen molar-refractivity contribution in [3.63, 3.8) is 0 Å². The Hall–Kier alpha value is -1.03. The molecular weight excluding hydrogens is 200 g/mol. The SMILES string of the molecule is CCC(CC)N(C)c1c(CN)c(C)nn1C. The van der Waals surface area contributed by atoms with Crippen LogP contribution in [0.25, 0.3) is 0 Å². The normalized spacial score (nSPS) is 11.2. The van der Waals surface area contributed by atoms with E-state index in [0.717, 1.165) is 29.9 Å². The van der Waals surface area contributed by atoms with Crippen LogP contribution in [-0.4, -0.2) is 22.9 Å². The molecule has 0 fully saturated rings. The fourth-order valence-electron chi connectivity index (χ4n) is 2.38. The van der Waals surface area contributed by atoms with Crippen molar-refractivity contribution >= 4 is 5.82 Å². The molecule has 0 aliphatic carbocycles. The molecule has 1 aromatic rings. The highest BCUT2D eigenvalue weighted by Crippen LogP contribution is 2.24. The van der Waals surface area contributed by atoms with Gasteiger partial charge in [-0.2, -0.15) is 5.10 Å². The second kappa shape index (κ2) is 5.34. The predicted molar refractivity (Wildman–Crippen MR) is 68.6 cm³/mol. The predicted octanol–water partition coefficient (Wildman–Crippen LogP) is 1.81. The van der Waals surface area contributed by atoms with Crippen molar-refractivity contribution in [1.29, 1.82) is 0 Å². The Kier molecular flexibility index (Phi) is 4.35. The molecule has 1 rings (SSSR count). The molecule has 2 N–H and O–H groups in total. The first kappa shape index (κ1) is 13.0. The van der Waals surface area contributed by atoms with E-state index in [1.54, 1.807) is 0 Å². The van der Waals surface area contributed by atoms with Gasteiger partial charge in [0.2, 0.25) is 0 Å². The minimum absolute atomic E-state index is 0.555. The Morgan fingerprint density at radius 3 is 2.38 bits per heavy atom. The van der Waals surface area contributed by atoms with Crippen molar-refractivity contribution in [2.45, 2.75) is 46.2 Å². The molecule has 1 heterocycles. The van der Waals surface area contributed by atoms with Crippen molar-refractivity contribution < 1.29 is 0 Å². The maximum Gasteiger partial charge on any atom is 0.131 e. The first-order valence-electron chi connectivity index (χ1n) is 6.02. The molecule has 0 aliphatic heterocycles. The van der Waals surface area contributed by atoms with Gasteiger partial charge in [-0.15, -0.1) is 0 Å². The van der Waals surface area contributed by atoms with Crippen LogP contribution in [0.3, 0.4) is 0 Å². The minimum Gasteiger partial charge on any atom is -0.357 e. The van der Waals surface area contributed by atoms with Gasteiger partial charge in [-0.1, -0.05) is 13.8 Å². The summed E-state index contributed by atoms with van der Waals surface area (Å²) in [6.07, 6.45) is 2.28. The molecule has 0 amide bonds. The molecule has 0 saturated carbocycles. The lowest BCUT2D eigenvalue weighted by atomic mass is 10.1. The summed E-state index contributed by atoms with van der Waals surface area (Å²) >= 11 is 0. The molecule has 0 aliphatic rings. The van der Waals surface area contributed by atoms with E-state index in [2.05, 4.69) is 30.9 Å². The number of anilines is 1. The molecule has 0 radical (unpaired) electrons. The maximum absolute atomic E-state index is 5.81. The third-order valence-electron chi connectivity index (χ3n) is 3.34. The van der Waals surface area contributed by atoms with Gasteiger partial charge in [0, 0.05) is 32.2 Å². The van der Waals surface area contributed by atoms with Crippen LogP contribution in [0.4, 0.5) is 5.82 Å². The molecule has 4 heteroatoms. The topological polar surface area (TPSA) is 47.1 Å². The van der Waals surface area contributed by atoms with E-state index < -0.39 is 0 Å². The van der Waals surface area contributed by atoms with Crippen LogP contribution in [0.5, 0.6) is 0 Å². The van der Waals surface area contributed by atoms with E-state index in [-0.39, 0.29) is 0 Å². The van der Waals surface area contributed by atoms with E-state index in [0.29, 0.717) is 12.6 Å². The molecule has 0 atom stereocenters. The summed E-state index contributed by atoms with van der Waals surface area (Å²) in [5.74, 6) is 1.16. The Bertz CT molecular complexity index is 339. The van der Waals surface area contributed by atoms with Gasteiger partial charge in [-0.05, 0) is 19.8 Å². The van der Waals surface area contributed by atoms with Crippen molar-refractivity contribution in [2.75, 3.05) is 11.9 Å². The van der Waals surface area contributed by atoms with Gasteiger partial charge in [0.25, 0.3) is 0 Å². The van der Waals surface area contributed by atoms with Crippen molar-refractivity contribution in [3.8, 4) is 0 Å². The van der Waals surface area contributed by atoms with Crippen LogP contribution < -0.4 is 10.6 Å². The van der Waals surface area contributed by atoms with Gasteiger partial charge in [0.1, 0.15) is 5.82 Å². The molecule has 1 aromatic heterocycles.